The van der Waals surface area contributed by atoms with Crippen molar-refractivity contribution in [2.75, 3.05) is 11.1 Å². The van der Waals surface area contributed by atoms with E-state index in [4.69, 9.17) is 5.73 Å². The van der Waals surface area contributed by atoms with Crippen molar-refractivity contribution in [1.82, 2.24) is 15.0 Å². The second-order valence-corrected chi connectivity index (χ2v) is 5.70. The molecular formula is C17H21N5. The van der Waals surface area contributed by atoms with Crippen LogP contribution in [0, 0.1) is 13.8 Å². The summed E-state index contributed by atoms with van der Waals surface area (Å²) in [6.45, 7) is 3.92. The van der Waals surface area contributed by atoms with Gasteiger partial charge in [0, 0.05) is 11.4 Å². The fourth-order valence-corrected chi connectivity index (χ4v) is 2.62. The summed E-state index contributed by atoms with van der Waals surface area (Å²) in [5.74, 6) is 2.08. The molecule has 2 aromatic rings. The smallest absolute Gasteiger partial charge is 0.231 e. The first-order valence-electron chi connectivity index (χ1n) is 7.67. The number of nitrogen functional groups attached to an aromatic ring is 1. The van der Waals surface area contributed by atoms with Gasteiger partial charge in [0.2, 0.25) is 5.95 Å². The topological polar surface area (TPSA) is 76.7 Å². The molecule has 114 valence electrons. The number of nitrogens with one attached hydrogen (secondary N) is 1. The summed E-state index contributed by atoms with van der Waals surface area (Å²) in [6, 6.07) is 5.77. The van der Waals surface area contributed by atoms with E-state index in [1.807, 2.05) is 32.0 Å². The summed E-state index contributed by atoms with van der Waals surface area (Å²) in [4.78, 5) is 13.5. The zero-order valence-electron chi connectivity index (χ0n) is 13.1. The van der Waals surface area contributed by atoms with Gasteiger partial charge in [-0.15, -0.1) is 0 Å². The van der Waals surface area contributed by atoms with Gasteiger partial charge in [-0.1, -0.05) is 12.1 Å². The number of aromatic nitrogens is 3. The number of nitrogens with two attached hydrogens (primary N) is 1. The van der Waals surface area contributed by atoms with Gasteiger partial charge >= 0.3 is 0 Å². The van der Waals surface area contributed by atoms with Gasteiger partial charge in [0.1, 0.15) is 5.82 Å². The van der Waals surface area contributed by atoms with Crippen molar-refractivity contribution in [2.24, 2.45) is 0 Å². The third-order valence-electron chi connectivity index (χ3n) is 3.83. The number of aryl methyl sites for hydroxylation is 2. The highest BCUT2D eigenvalue weighted by Gasteiger charge is 2.12. The monoisotopic (exact) mass is 295 g/mol. The first-order chi connectivity index (χ1) is 10.6. The predicted molar refractivity (Wildman–Crippen MR) is 89.9 cm³/mol. The number of allylic oxidation sites excluding steroid dienone is 2. The standard InChI is InChI=1S/C17H21N5/c1-11-8-9-14(18)10-15(11)21-17-20-12(2)19-16(22-17)13-6-4-3-5-7-13/h6,8-10H,3-5,7,18H2,1-2H3,(H,19,20,21,22). The predicted octanol–water partition coefficient (Wildman–Crippen LogP) is 3.77. The second-order valence-electron chi connectivity index (χ2n) is 5.70. The number of benzene rings is 1. The SMILES string of the molecule is Cc1nc(Nc2cc(N)ccc2C)nc(C2=CCCCC2)n1. The fourth-order valence-electron chi connectivity index (χ4n) is 2.62. The van der Waals surface area contributed by atoms with E-state index >= 15 is 0 Å². The lowest BCUT2D eigenvalue weighted by Gasteiger charge is -2.14. The lowest BCUT2D eigenvalue weighted by molar-refractivity contribution is 0.735. The van der Waals surface area contributed by atoms with E-state index in [0.29, 0.717) is 11.6 Å². The van der Waals surface area contributed by atoms with Gasteiger partial charge in [0.05, 0.1) is 0 Å². The molecule has 0 atom stereocenters. The van der Waals surface area contributed by atoms with Crippen LogP contribution in [-0.2, 0) is 0 Å². The third-order valence-corrected chi connectivity index (χ3v) is 3.83. The zero-order chi connectivity index (χ0) is 15.5. The molecule has 0 saturated heterocycles. The average Bonchev–Trinajstić information content (AvgIpc) is 2.51. The summed E-state index contributed by atoms with van der Waals surface area (Å²) < 4.78 is 0. The summed E-state index contributed by atoms with van der Waals surface area (Å²) in [5.41, 5.74) is 9.83. The molecule has 5 heteroatoms. The molecule has 1 aromatic heterocycles. The molecular weight excluding hydrogens is 274 g/mol. The van der Waals surface area contributed by atoms with Crippen molar-refractivity contribution in [3.05, 3.63) is 41.5 Å². The van der Waals surface area contributed by atoms with Gasteiger partial charge in [0.25, 0.3) is 0 Å². The highest BCUT2D eigenvalue weighted by Crippen LogP contribution is 2.26. The molecule has 1 heterocycles. The number of nitrogens with zero attached hydrogens (tertiary/aromatic N) is 3. The van der Waals surface area contributed by atoms with Crippen LogP contribution < -0.4 is 11.1 Å². The van der Waals surface area contributed by atoms with Gasteiger partial charge in [-0.05, 0) is 62.8 Å². The molecule has 0 radical (unpaired) electrons. The highest BCUT2D eigenvalue weighted by molar-refractivity contribution is 5.65. The van der Waals surface area contributed by atoms with Crippen molar-refractivity contribution >= 4 is 22.9 Å². The Hall–Kier alpha value is -2.43. The lowest BCUT2D eigenvalue weighted by atomic mass is 9.99. The molecule has 0 unspecified atom stereocenters. The first-order valence-corrected chi connectivity index (χ1v) is 7.67. The summed E-state index contributed by atoms with van der Waals surface area (Å²) in [6.07, 6.45) is 6.85. The molecule has 1 aliphatic carbocycles. The van der Waals surface area contributed by atoms with E-state index in [2.05, 4.69) is 26.3 Å². The maximum atomic E-state index is 5.86. The Morgan fingerprint density at radius 3 is 2.73 bits per heavy atom. The zero-order valence-corrected chi connectivity index (χ0v) is 13.1. The molecule has 0 amide bonds. The van der Waals surface area contributed by atoms with E-state index in [-0.39, 0.29) is 0 Å². The Morgan fingerprint density at radius 2 is 1.95 bits per heavy atom. The maximum Gasteiger partial charge on any atom is 0.231 e. The molecule has 0 spiro atoms. The van der Waals surface area contributed by atoms with Crippen molar-refractivity contribution in [3.8, 4) is 0 Å². The number of hydrogen-bond acceptors (Lipinski definition) is 5. The Bertz CT molecular complexity index is 721. The van der Waals surface area contributed by atoms with E-state index in [9.17, 15) is 0 Å². The van der Waals surface area contributed by atoms with Crippen molar-refractivity contribution in [2.45, 2.75) is 39.5 Å². The number of rotatable bonds is 3. The van der Waals surface area contributed by atoms with Crippen LogP contribution in [0.15, 0.2) is 24.3 Å². The number of anilines is 3. The molecule has 0 fully saturated rings. The van der Waals surface area contributed by atoms with Crippen LogP contribution in [0.1, 0.15) is 42.9 Å². The molecule has 1 aliphatic rings. The van der Waals surface area contributed by atoms with Crippen LogP contribution in [0.2, 0.25) is 0 Å². The molecule has 5 nitrogen and oxygen atoms in total. The minimum atomic E-state index is 0.572. The summed E-state index contributed by atoms with van der Waals surface area (Å²) in [7, 11) is 0. The quantitative estimate of drug-likeness (QED) is 0.843. The molecule has 1 aromatic carbocycles. The van der Waals surface area contributed by atoms with Gasteiger partial charge in [-0.2, -0.15) is 9.97 Å². The Labute approximate surface area is 130 Å². The van der Waals surface area contributed by atoms with Crippen molar-refractivity contribution < 1.29 is 0 Å². The van der Waals surface area contributed by atoms with Crippen LogP contribution in [0.3, 0.4) is 0 Å². The number of hydrogen-bond donors (Lipinski definition) is 2. The molecule has 0 aliphatic heterocycles. The van der Waals surface area contributed by atoms with Gasteiger partial charge in [0.15, 0.2) is 5.82 Å². The maximum absolute atomic E-state index is 5.86. The molecule has 3 N–H and O–H groups in total. The second kappa shape index (κ2) is 6.13. The Kier molecular flexibility index (Phi) is 4.04. The van der Waals surface area contributed by atoms with Crippen LogP contribution in [0.25, 0.3) is 5.57 Å². The van der Waals surface area contributed by atoms with E-state index in [0.717, 1.165) is 35.7 Å². The minimum Gasteiger partial charge on any atom is -0.399 e. The van der Waals surface area contributed by atoms with E-state index in [1.54, 1.807) is 0 Å². The molecule has 3 rings (SSSR count). The highest BCUT2D eigenvalue weighted by atomic mass is 15.2. The van der Waals surface area contributed by atoms with Gasteiger partial charge in [-0.25, -0.2) is 4.98 Å². The van der Waals surface area contributed by atoms with Crippen LogP contribution in [-0.4, -0.2) is 15.0 Å². The summed E-state index contributed by atoms with van der Waals surface area (Å²) in [5, 5.41) is 3.26. The Morgan fingerprint density at radius 1 is 1.09 bits per heavy atom. The fraction of sp³-hybridized carbons (Fsp3) is 0.353. The van der Waals surface area contributed by atoms with E-state index < -0.39 is 0 Å². The minimum absolute atomic E-state index is 0.572. The van der Waals surface area contributed by atoms with Crippen LogP contribution in [0.4, 0.5) is 17.3 Å². The van der Waals surface area contributed by atoms with Gasteiger partial charge in [-0.3, -0.25) is 0 Å². The van der Waals surface area contributed by atoms with Crippen LogP contribution in [0.5, 0.6) is 0 Å². The molecule has 0 bridgehead atoms. The molecule has 22 heavy (non-hydrogen) atoms. The third kappa shape index (κ3) is 3.24. The lowest BCUT2D eigenvalue weighted by Crippen LogP contribution is -2.07. The van der Waals surface area contributed by atoms with Gasteiger partial charge < -0.3 is 11.1 Å². The van der Waals surface area contributed by atoms with Crippen molar-refractivity contribution in [3.63, 3.8) is 0 Å². The normalized spacial score (nSPS) is 14.5. The first kappa shape index (κ1) is 14.5. The molecule has 0 saturated carbocycles. The van der Waals surface area contributed by atoms with E-state index in [1.165, 1.54) is 18.4 Å². The largest absolute Gasteiger partial charge is 0.399 e. The average molecular weight is 295 g/mol. The summed E-state index contributed by atoms with van der Waals surface area (Å²) >= 11 is 0. The van der Waals surface area contributed by atoms with Crippen molar-refractivity contribution in [1.29, 1.82) is 0 Å². The van der Waals surface area contributed by atoms with Crippen LogP contribution >= 0.6 is 0 Å². The Balaban J connectivity index is 1.92.